The number of benzene rings is 2. The molecular formula is C20H21N3O2. The number of phenolic OH excluding ortho intramolecular Hbond substituents is 1. The fourth-order valence-electron chi connectivity index (χ4n) is 3.49. The van der Waals surface area contributed by atoms with Crippen LogP contribution in [0.5, 0.6) is 5.75 Å². The first kappa shape index (κ1) is 15.7. The summed E-state index contributed by atoms with van der Waals surface area (Å²) < 4.78 is 0. The minimum atomic E-state index is 0.103. The second kappa shape index (κ2) is 5.92. The van der Waals surface area contributed by atoms with Crippen molar-refractivity contribution in [2.45, 2.75) is 20.3 Å². The van der Waals surface area contributed by atoms with Crippen molar-refractivity contribution < 1.29 is 9.90 Å². The lowest BCUT2D eigenvalue weighted by molar-refractivity contribution is -0.120. The highest BCUT2D eigenvalue weighted by atomic mass is 16.3. The fraction of sp³-hybridized carbons (Fsp3) is 0.300. The molecule has 5 heteroatoms. The van der Waals surface area contributed by atoms with Gasteiger partial charge in [-0.3, -0.25) is 4.79 Å². The maximum atomic E-state index is 11.6. The number of Topliss-reactive ketones (excluding diaryl/α,β-unsaturated/α-hetero) is 1. The van der Waals surface area contributed by atoms with E-state index in [1.165, 1.54) is 0 Å². The van der Waals surface area contributed by atoms with Crippen LogP contribution in [0.15, 0.2) is 36.4 Å². The number of phenols is 1. The van der Waals surface area contributed by atoms with Gasteiger partial charge in [0.15, 0.2) is 0 Å². The third kappa shape index (κ3) is 2.86. The molecule has 2 aromatic carbocycles. The summed E-state index contributed by atoms with van der Waals surface area (Å²) in [5, 5.41) is 10.3. The molecular weight excluding hydrogens is 314 g/mol. The van der Waals surface area contributed by atoms with Gasteiger partial charge >= 0.3 is 0 Å². The summed E-state index contributed by atoms with van der Waals surface area (Å²) >= 11 is 0. The Morgan fingerprint density at radius 2 is 2.12 bits per heavy atom. The zero-order valence-electron chi connectivity index (χ0n) is 14.4. The van der Waals surface area contributed by atoms with Crippen LogP contribution in [-0.4, -0.2) is 33.9 Å². The van der Waals surface area contributed by atoms with E-state index in [1.54, 1.807) is 13.0 Å². The highest BCUT2D eigenvalue weighted by Crippen LogP contribution is 2.34. The molecule has 2 N–H and O–H groups in total. The van der Waals surface area contributed by atoms with Gasteiger partial charge in [0.1, 0.15) is 17.4 Å². The normalized spacial score (nSPS) is 17.4. The van der Waals surface area contributed by atoms with Gasteiger partial charge in [-0.05, 0) is 56.2 Å². The largest absolute Gasteiger partial charge is 0.507 e. The highest BCUT2D eigenvalue weighted by molar-refractivity contribution is 5.83. The summed E-state index contributed by atoms with van der Waals surface area (Å²) in [4.78, 5) is 21.7. The zero-order chi connectivity index (χ0) is 17.6. The van der Waals surface area contributed by atoms with E-state index in [4.69, 9.17) is 0 Å². The van der Waals surface area contributed by atoms with Crippen molar-refractivity contribution in [3.8, 4) is 17.1 Å². The molecule has 0 spiro atoms. The SMILES string of the molecule is CC(=O)C1CCN(c2ccc(O)c(-c3nc4ccc(C)cc4[nH]3)c2)C1. The van der Waals surface area contributed by atoms with Gasteiger partial charge in [0.25, 0.3) is 0 Å². The van der Waals surface area contributed by atoms with Gasteiger partial charge in [-0.2, -0.15) is 0 Å². The van der Waals surface area contributed by atoms with Gasteiger partial charge in [-0.15, -0.1) is 0 Å². The van der Waals surface area contributed by atoms with Crippen LogP contribution < -0.4 is 4.90 Å². The first-order valence-corrected chi connectivity index (χ1v) is 8.56. The molecule has 2 heterocycles. The standard InChI is InChI=1S/C20H21N3O2/c1-12-3-5-17-18(9-12)22-20(21-17)16-10-15(4-6-19(16)25)23-8-7-14(11-23)13(2)24/h3-6,9-10,14,25H,7-8,11H2,1-2H3,(H,21,22). The number of hydrogen-bond donors (Lipinski definition) is 2. The van der Waals surface area contributed by atoms with E-state index >= 15 is 0 Å². The van der Waals surface area contributed by atoms with E-state index in [0.717, 1.165) is 41.8 Å². The molecule has 1 aliphatic heterocycles. The number of ketones is 1. The second-order valence-corrected chi connectivity index (χ2v) is 6.85. The average Bonchev–Trinajstić information content (AvgIpc) is 3.21. The smallest absolute Gasteiger partial charge is 0.142 e. The van der Waals surface area contributed by atoms with Gasteiger partial charge in [0, 0.05) is 24.7 Å². The van der Waals surface area contributed by atoms with Crippen LogP contribution in [0.1, 0.15) is 18.9 Å². The number of rotatable bonds is 3. The number of H-pyrrole nitrogens is 1. The average molecular weight is 335 g/mol. The molecule has 25 heavy (non-hydrogen) atoms. The molecule has 1 unspecified atom stereocenters. The highest BCUT2D eigenvalue weighted by Gasteiger charge is 2.26. The Morgan fingerprint density at radius 1 is 1.28 bits per heavy atom. The van der Waals surface area contributed by atoms with Crippen molar-refractivity contribution in [2.75, 3.05) is 18.0 Å². The predicted octanol–water partition coefficient (Wildman–Crippen LogP) is 3.66. The summed E-state index contributed by atoms with van der Waals surface area (Å²) in [5.74, 6) is 1.20. The van der Waals surface area contributed by atoms with Crippen molar-refractivity contribution in [3.05, 3.63) is 42.0 Å². The molecule has 0 saturated carbocycles. The first-order valence-electron chi connectivity index (χ1n) is 8.56. The number of anilines is 1. The maximum Gasteiger partial charge on any atom is 0.142 e. The summed E-state index contributed by atoms with van der Waals surface area (Å²) in [6.07, 6.45) is 0.884. The van der Waals surface area contributed by atoms with Crippen LogP contribution in [0.25, 0.3) is 22.4 Å². The molecule has 1 aromatic heterocycles. The molecule has 3 aromatic rings. The molecule has 0 radical (unpaired) electrons. The van der Waals surface area contributed by atoms with Crippen LogP contribution in [0.4, 0.5) is 5.69 Å². The molecule has 0 amide bonds. The van der Waals surface area contributed by atoms with Crippen molar-refractivity contribution in [2.24, 2.45) is 5.92 Å². The Hall–Kier alpha value is -2.82. The zero-order valence-corrected chi connectivity index (χ0v) is 14.4. The monoisotopic (exact) mass is 335 g/mol. The number of aryl methyl sites for hydroxylation is 1. The lowest BCUT2D eigenvalue weighted by atomic mass is 10.1. The number of hydrogen-bond acceptors (Lipinski definition) is 4. The number of nitrogens with zero attached hydrogens (tertiary/aromatic N) is 2. The topological polar surface area (TPSA) is 69.2 Å². The number of imidazole rings is 1. The Balaban J connectivity index is 1.71. The molecule has 128 valence electrons. The first-order chi connectivity index (χ1) is 12.0. The lowest BCUT2D eigenvalue weighted by Gasteiger charge is -2.19. The number of carbonyl (C=O) groups is 1. The molecule has 0 bridgehead atoms. The molecule has 1 fully saturated rings. The van der Waals surface area contributed by atoms with E-state index < -0.39 is 0 Å². The third-order valence-electron chi connectivity index (χ3n) is 5.00. The minimum Gasteiger partial charge on any atom is -0.507 e. The van der Waals surface area contributed by atoms with E-state index in [0.29, 0.717) is 11.4 Å². The summed E-state index contributed by atoms with van der Waals surface area (Å²) in [6.45, 7) is 5.29. The molecule has 0 aliphatic carbocycles. The molecule has 4 rings (SSSR count). The number of nitrogens with one attached hydrogen (secondary N) is 1. The number of aromatic nitrogens is 2. The van der Waals surface area contributed by atoms with Crippen LogP contribution in [-0.2, 0) is 4.79 Å². The summed E-state index contributed by atoms with van der Waals surface area (Å²) in [6, 6.07) is 11.6. The summed E-state index contributed by atoms with van der Waals surface area (Å²) in [7, 11) is 0. The van der Waals surface area contributed by atoms with E-state index in [2.05, 4.69) is 14.9 Å². The third-order valence-corrected chi connectivity index (χ3v) is 5.00. The summed E-state index contributed by atoms with van der Waals surface area (Å²) in [5.41, 5.74) is 4.68. The van der Waals surface area contributed by atoms with E-state index in [-0.39, 0.29) is 17.5 Å². The number of aromatic amines is 1. The van der Waals surface area contributed by atoms with Gasteiger partial charge in [-0.25, -0.2) is 4.98 Å². The number of aromatic hydroxyl groups is 1. The van der Waals surface area contributed by atoms with Gasteiger partial charge < -0.3 is 15.0 Å². The molecule has 5 nitrogen and oxygen atoms in total. The predicted molar refractivity (Wildman–Crippen MR) is 98.9 cm³/mol. The fourth-order valence-corrected chi connectivity index (χ4v) is 3.49. The Bertz CT molecular complexity index is 961. The molecule has 1 atom stereocenters. The van der Waals surface area contributed by atoms with Gasteiger partial charge in [0.05, 0.1) is 16.6 Å². The quantitative estimate of drug-likeness (QED) is 0.766. The Morgan fingerprint density at radius 3 is 2.88 bits per heavy atom. The molecule has 1 aliphatic rings. The maximum absolute atomic E-state index is 11.6. The van der Waals surface area contributed by atoms with E-state index in [1.807, 2.05) is 37.3 Å². The second-order valence-electron chi connectivity index (χ2n) is 6.85. The number of carbonyl (C=O) groups excluding carboxylic acids is 1. The minimum absolute atomic E-state index is 0.103. The van der Waals surface area contributed by atoms with Crippen molar-refractivity contribution in [1.82, 2.24) is 9.97 Å². The van der Waals surface area contributed by atoms with Crippen LogP contribution in [0, 0.1) is 12.8 Å². The van der Waals surface area contributed by atoms with Gasteiger partial charge in [0.2, 0.25) is 0 Å². The van der Waals surface area contributed by atoms with Crippen molar-refractivity contribution >= 4 is 22.5 Å². The number of fused-ring (bicyclic) bond motifs is 1. The lowest BCUT2D eigenvalue weighted by Crippen LogP contribution is -2.21. The van der Waals surface area contributed by atoms with Crippen LogP contribution >= 0.6 is 0 Å². The van der Waals surface area contributed by atoms with E-state index in [9.17, 15) is 9.90 Å². The van der Waals surface area contributed by atoms with Crippen LogP contribution in [0.3, 0.4) is 0 Å². The molecule has 1 saturated heterocycles. The van der Waals surface area contributed by atoms with Crippen LogP contribution in [0.2, 0.25) is 0 Å². The Kier molecular flexibility index (Phi) is 3.71. The van der Waals surface area contributed by atoms with Crippen molar-refractivity contribution in [3.63, 3.8) is 0 Å². The van der Waals surface area contributed by atoms with Crippen molar-refractivity contribution in [1.29, 1.82) is 0 Å². The van der Waals surface area contributed by atoms with Gasteiger partial charge in [-0.1, -0.05) is 6.07 Å². The Labute approximate surface area is 146 Å².